The SMILES string of the molecule is COc1ccc(-c2c3c4n(c(-c5ccc(Cl)cc5)cn4c2C(=S)Nc2ccccc2)CCCC3)cc1. The maximum atomic E-state index is 6.20. The molecule has 6 rings (SSSR count). The summed E-state index contributed by atoms with van der Waals surface area (Å²) >= 11 is 12.3. The van der Waals surface area contributed by atoms with Crippen LogP contribution in [0, 0.1) is 0 Å². The Bertz CT molecular complexity index is 1550. The molecule has 5 aromatic rings. The summed E-state index contributed by atoms with van der Waals surface area (Å²) in [6.07, 6.45) is 5.49. The van der Waals surface area contributed by atoms with Gasteiger partial charge in [0.05, 0.1) is 18.5 Å². The lowest BCUT2D eigenvalue weighted by molar-refractivity contribution is 0.415. The molecule has 3 aromatic carbocycles. The average Bonchev–Trinajstić information content (AvgIpc) is 3.32. The van der Waals surface area contributed by atoms with E-state index in [1.54, 1.807) is 7.11 Å². The first-order valence-corrected chi connectivity index (χ1v) is 13.0. The van der Waals surface area contributed by atoms with Gasteiger partial charge in [0.15, 0.2) is 0 Å². The summed E-state index contributed by atoms with van der Waals surface area (Å²) in [5.41, 5.74) is 9.21. The molecule has 0 fully saturated rings. The van der Waals surface area contributed by atoms with Crippen molar-refractivity contribution in [1.82, 2.24) is 8.97 Å². The van der Waals surface area contributed by atoms with Crippen LogP contribution in [0.1, 0.15) is 24.1 Å². The van der Waals surface area contributed by atoms with Gasteiger partial charge in [0.1, 0.15) is 16.4 Å². The zero-order valence-electron chi connectivity index (χ0n) is 20.0. The number of hydrogen-bond acceptors (Lipinski definition) is 2. The third kappa shape index (κ3) is 3.98. The van der Waals surface area contributed by atoms with E-state index in [1.165, 1.54) is 22.5 Å². The Morgan fingerprint density at radius 2 is 1.64 bits per heavy atom. The summed E-state index contributed by atoms with van der Waals surface area (Å²) in [4.78, 5) is 0.702. The second-order valence-corrected chi connectivity index (χ2v) is 9.92. The van der Waals surface area contributed by atoms with Crippen LogP contribution in [0.25, 0.3) is 28.0 Å². The highest BCUT2D eigenvalue weighted by molar-refractivity contribution is 7.81. The van der Waals surface area contributed by atoms with Crippen LogP contribution >= 0.6 is 23.8 Å². The number of nitrogens with one attached hydrogen (secondary N) is 1. The predicted molar refractivity (Wildman–Crippen MR) is 153 cm³/mol. The highest BCUT2D eigenvalue weighted by Crippen LogP contribution is 2.40. The molecule has 1 aliphatic rings. The van der Waals surface area contributed by atoms with Gasteiger partial charge in [0.25, 0.3) is 0 Å². The summed E-state index contributed by atoms with van der Waals surface area (Å²) in [6.45, 7) is 0.964. The Balaban J connectivity index is 1.60. The number of thiocarbonyl (C=S) groups is 1. The number of para-hydroxylation sites is 1. The maximum absolute atomic E-state index is 6.20. The molecule has 0 saturated heterocycles. The Morgan fingerprint density at radius 3 is 2.36 bits per heavy atom. The van der Waals surface area contributed by atoms with E-state index >= 15 is 0 Å². The van der Waals surface area contributed by atoms with Crippen molar-refractivity contribution in [2.24, 2.45) is 0 Å². The Kier molecular flexibility index (Phi) is 6.04. The van der Waals surface area contributed by atoms with Crippen LogP contribution in [-0.4, -0.2) is 21.1 Å². The predicted octanol–water partition coefficient (Wildman–Crippen LogP) is 7.86. The van der Waals surface area contributed by atoms with E-state index in [1.807, 2.05) is 54.6 Å². The zero-order valence-corrected chi connectivity index (χ0v) is 21.6. The van der Waals surface area contributed by atoms with Crippen molar-refractivity contribution in [3.8, 4) is 28.1 Å². The van der Waals surface area contributed by atoms with Crippen molar-refractivity contribution in [1.29, 1.82) is 0 Å². The molecule has 1 N–H and O–H groups in total. The highest BCUT2D eigenvalue weighted by atomic mass is 35.5. The van der Waals surface area contributed by atoms with E-state index in [0.717, 1.165) is 59.1 Å². The van der Waals surface area contributed by atoms with Crippen LogP contribution in [0.3, 0.4) is 0 Å². The molecule has 4 nitrogen and oxygen atoms in total. The molecule has 0 saturated carbocycles. The van der Waals surface area contributed by atoms with Gasteiger partial charge in [-0.25, -0.2) is 0 Å². The fourth-order valence-electron chi connectivity index (χ4n) is 5.24. The zero-order chi connectivity index (χ0) is 24.6. The number of imidazole rings is 1. The van der Waals surface area contributed by atoms with Crippen molar-refractivity contribution in [2.75, 3.05) is 12.4 Å². The fourth-order valence-corrected chi connectivity index (χ4v) is 5.68. The van der Waals surface area contributed by atoms with Gasteiger partial charge in [-0.3, -0.25) is 4.40 Å². The van der Waals surface area contributed by atoms with E-state index in [9.17, 15) is 0 Å². The van der Waals surface area contributed by atoms with Gasteiger partial charge < -0.3 is 14.6 Å². The van der Waals surface area contributed by atoms with Crippen molar-refractivity contribution < 1.29 is 4.74 Å². The minimum Gasteiger partial charge on any atom is -0.497 e. The lowest BCUT2D eigenvalue weighted by Gasteiger charge is -2.12. The molecule has 0 bridgehead atoms. The molecule has 0 atom stereocenters. The van der Waals surface area contributed by atoms with Crippen LogP contribution in [0.4, 0.5) is 5.69 Å². The fraction of sp³-hybridized carbons (Fsp3) is 0.167. The molecule has 3 heterocycles. The highest BCUT2D eigenvalue weighted by Gasteiger charge is 2.28. The first-order chi connectivity index (χ1) is 17.6. The Hall–Kier alpha value is -3.54. The molecule has 0 unspecified atom stereocenters. The Labute approximate surface area is 221 Å². The van der Waals surface area contributed by atoms with Crippen molar-refractivity contribution >= 4 is 40.1 Å². The second-order valence-electron chi connectivity index (χ2n) is 9.07. The van der Waals surface area contributed by atoms with E-state index in [2.05, 4.69) is 44.7 Å². The van der Waals surface area contributed by atoms with E-state index in [4.69, 9.17) is 28.6 Å². The number of aromatic nitrogens is 2. The van der Waals surface area contributed by atoms with Gasteiger partial charge in [0.2, 0.25) is 0 Å². The number of benzene rings is 3. The van der Waals surface area contributed by atoms with Gasteiger partial charge in [-0.2, -0.15) is 0 Å². The number of hydrogen-bond donors (Lipinski definition) is 1. The van der Waals surface area contributed by atoms with Crippen molar-refractivity contribution in [3.63, 3.8) is 0 Å². The number of methoxy groups -OCH3 is 1. The number of anilines is 1. The molecule has 1 aliphatic heterocycles. The first-order valence-electron chi connectivity index (χ1n) is 12.2. The number of ether oxygens (including phenoxy) is 1. The van der Waals surface area contributed by atoms with Crippen LogP contribution in [0.5, 0.6) is 5.75 Å². The van der Waals surface area contributed by atoms with Gasteiger partial charge in [0, 0.05) is 34.6 Å². The van der Waals surface area contributed by atoms with Gasteiger partial charge in [-0.1, -0.05) is 66.3 Å². The molecule has 0 radical (unpaired) electrons. The van der Waals surface area contributed by atoms with Crippen molar-refractivity contribution in [3.05, 3.63) is 101 Å². The number of aryl methyl sites for hydroxylation is 2. The number of nitrogens with zero attached hydrogens (tertiary/aromatic N) is 2. The maximum Gasteiger partial charge on any atom is 0.128 e. The molecule has 0 spiro atoms. The van der Waals surface area contributed by atoms with Crippen LogP contribution < -0.4 is 10.1 Å². The van der Waals surface area contributed by atoms with Gasteiger partial charge >= 0.3 is 0 Å². The minimum absolute atomic E-state index is 0.702. The van der Waals surface area contributed by atoms with Crippen LogP contribution in [0.15, 0.2) is 85.1 Å². The summed E-state index contributed by atoms with van der Waals surface area (Å²) in [5.74, 6) is 0.842. The molecule has 36 heavy (non-hydrogen) atoms. The van der Waals surface area contributed by atoms with E-state index < -0.39 is 0 Å². The van der Waals surface area contributed by atoms with Crippen LogP contribution in [0.2, 0.25) is 5.02 Å². The van der Waals surface area contributed by atoms with Gasteiger partial charge in [-0.05, 0) is 66.8 Å². The monoisotopic (exact) mass is 511 g/mol. The number of halogens is 1. The molecule has 0 aliphatic carbocycles. The minimum atomic E-state index is 0.702. The van der Waals surface area contributed by atoms with E-state index in [-0.39, 0.29) is 0 Å². The average molecular weight is 512 g/mol. The molecule has 0 amide bonds. The van der Waals surface area contributed by atoms with Gasteiger partial charge in [-0.15, -0.1) is 0 Å². The second kappa shape index (κ2) is 9.49. The largest absolute Gasteiger partial charge is 0.497 e. The van der Waals surface area contributed by atoms with Crippen LogP contribution in [-0.2, 0) is 13.0 Å². The third-order valence-corrected chi connectivity index (χ3v) is 7.45. The summed E-state index contributed by atoms with van der Waals surface area (Å²) in [6, 6.07) is 26.5. The van der Waals surface area contributed by atoms with Crippen molar-refractivity contribution in [2.45, 2.75) is 25.8 Å². The Morgan fingerprint density at radius 1 is 0.917 bits per heavy atom. The summed E-state index contributed by atoms with van der Waals surface area (Å²) < 4.78 is 10.2. The topological polar surface area (TPSA) is 30.6 Å². The smallest absolute Gasteiger partial charge is 0.128 e. The summed E-state index contributed by atoms with van der Waals surface area (Å²) in [7, 11) is 1.70. The molecule has 180 valence electrons. The normalized spacial score (nSPS) is 12.9. The first kappa shape index (κ1) is 22.9. The number of rotatable bonds is 5. The lowest BCUT2D eigenvalue weighted by atomic mass is 9.98. The van der Waals surface area contributed by atoms with E-state index in [0.29, 0.717) is 4.99 Å². The lowest BCUT2D eigenvalue weighted by Crippen LogP contribution is -2.14. The summed E-state index contributed by atoms with van der Waals surface area (Å²) in [5, 5.41) is 4.23. The standard InChI is InChI=1S/C30H26ClN3OS/c1-35-24-16-12-21(13-17-24)27-25-9-5-6-18-33-26(20-10-14-22(31)15-11-20)19-34(30(25)33)28(27)29(36)32-23-7-3-2-4-8-23/h2-4,7-8,10-17,19H,5-6,9,18H2,1H3,(H,32,36). The molecular formula is C30H26ClN3OS. The molecule has 2 aromatic heterocycles. The third-order valence-electron chi connectivity index (χ3n) is 6.90. The molecule has 6 heteroatoms. The quantitative estimate of drug-likeness (QED) is 0.244. The molecular weight excluding hydrogens is 486 g/mol.